The highest BCUT2D eigenvalue weighted by Crippen LogP contribution is 2.29. The fraction of sp³-hybridized carbons (Fsp3) is 0.333. The molecule has 0 amide bonds. The zero-order valence-electron chi connectivity index (χ0n) is 9.28. The van der Waals surface area contributed by atoms with Crippen molar-refractivity contribution in [3.8, 4) is 0 Å². The molecule has 0 spiro atoms. The summed E-state index contributed by atoms with van der Waals surface area (Å²) in [5.74, 6) is -0.418. The molecule has 0 aliphatic carbocycles. The lowest BCUT2D eigenvalue weighted by Crippen LogP contribution is -2.06. The Bertz CT molecular complexity index is 399. The summed E-state index contributed by atoms with van der Waals surface area (Å²) in [5.41, 5.74) is 1.65. The van der Waals surface area contributed by atoms with Crippen LogP contribution in [0.15, 0.2) is 24.3 Å². The molecule has 0 radical (unpaired) electrons. The molecule has 3 nitrogen and oxygen atoms in total. The number of hydrogen-bond acceptors (Lipinski definition) is 3. The van der Waals surface area contributed by atoms with Crippen LogP contribution >= 0.6 is 31.9 Å². The van der Waals surface area contributed by atoms with Gasteiger partial charge >= 0.3 is 5.97 Å². The SMILES string of the molecule is COC(=O)CCC(=O)c1ccc(C(Br)Br)cc1. The second kappa shape index (κ2) is 6.91. The smallest absolute Gasteiger partial charge is 0.305 e. The highest BCUT2D eigenvalue weighted by atomic mass is 79.9. The maximum atomic E-state index is 11.7. The van der Waals surface area contributed by atoms with E-state index in [2.05, 4.69) is 36.6 Å². The molecule has 0 fully saturated rings. The summed E-state index contributed by atoms with van der Waals surface area (Å²) in [7, 11) is 1.31. The van der Waals surface area contributed by atoms with Crippen LogP contribution in [0.4, 0.5) is 0 Å². The molecule has 0 saturated carbocycles. The first kappa shape index (κ1) is 14.4. The van der Waals surface area contributed by atoms with Crippen molar-refractivity contribution < 1.29 is 14.3 Å². The van der Waals surface area contributed by atoms with Gasteiger partial charge in [0.15, 0.2) is 5.78 Å². The number of ketones is 1. The Hall–Kier alpha value is -0.680. The largest absolute Gasteiger partial charge is 0.469 e. The molecular formula is C12H12Br2O3. The molecule has 0 atom stereocenters. The summed E-state index contributed by atoms with van der Waals surface area (Å²) in [5, 5.41) is 0. The fourth-order valence-electron chi connectivity index (χ4n) is 1.28. The Morgan fingerprint density at radius 1 is 1.18 bits per heavy atom. The highest BCUT2D eigenvalue weighted by Gasteiger charge is 2.10. The minimum Gasteiger partial charge on any atom is -0.469 e. The van der Waals surface area contributed by atoms with Gasteiger partial charge in [0, 0.05) is 12.0 Å². The predicted molar refractivity (Wildman–Crippen MR) is 72.6 cm³/mol. The normalized spacial score (nSPS) is 10.4. The number of ether oxygens (including phenoxy) is 1. The van der Waals surface area contributed by atoms with E-state index >= 15 is 0 Å². The Balaban J connectivity index is 2.61. The molecule has 1 aromatic rings. The van der Waals surface area contributed by atoms with Gasteiger partial charge in [0.05, 0.1) is 17.3 Å². The van der Waals surface area contributed by atoms with E-state index < -0.39 is 0 Å². The lowest BCUT2D eigenvalue weighted by atomic mass is 10.1. The second-order valence-corrected chi connectivity index (χ2v) is 6.48. The Morgan fingerprint density at radius 2 is 1.76 bits per heavy atom. The zero-order valence-corrected chi connectivity index (χ0v) is 12.5. The molecule has 92 valence electrons. The van der Waals surface area contributed by atoms with E-state index in [4.69, 9.17) is 0 Å². The van der Waals surface area contributed by atoms with E-state index in [1.165, 1.54) is 7.11 Å². The molecule has 0 unspecified atom stereocenters. The number of rotatable bonds is 5. The van der Waals surface area contributed by atoms with Gasteiger partial charge in [-0.2, -0.15) is 0 Å². The molecule has 5 heteroatoms. The summed E-state index contributed by atoms with van der Waals surface area (Å²) >= 11 is 6.75. The molecule has 0 aliphatic heterocycles. The Labute approximate surface area is 117 Å². The third-order valence-electron chi connectivity index (χ3n) is 2.27. The van der Waals surface area contributed by atoms with Crippen molar-refractivity contribution in [2.24, 2.45) is 0 Å². The van der Waals surface area contributed by atoms with Crippen molar-refractivity contribution in [3.63, 3.8) is 0 Å². The first-order chi connectivity index (χ1) is 8.04. The van der Waals surface area contributed by atoms with E-state index in [0.717, 1.165) is 5.56 Å². The van der Waals surface area contributed by atoms with Gasteiger partial charge in [-0.1, -0.05) is 56.1 Å². The first-order valence-electron chi connectivity index (χ1n) is 5.02. The van der Waals surface area contributed by atoms with Crippen LogP contribution in [0.1, 0.15) is 32.5 Å². The number of halogens is 2. The Morgan fingerprint density at radius 3 is 2.24 bits per heavy atom. The number of carbonyl (C=O) groups excluding carboxylic acids is 2. The summed E-state index contributed by atoms with van der Waals surface area (Å²) < 4.78 is 4.56. The van der Waals surface area contributed by atoms with Crippen molar-refractivity contribution >= 4 is 43.6 Å². The standard InChI is InChI=1S/C12H12Br2O3/c1-17-11(16)7-6-10(15)8-2-4-9(5-3-8)12(13)14/h2-5,12H,6-7H2,1H3. The zero-order chi connectivity index (χ0) is 12.8. The number of benzene rings is 1. The minimum absolute atomic E-state index is 0.0531. The topological polar surface area (TPSA) is 43.4 Å². The maximum Gasteiger partial charge on any atom is 0.305 e. The summed E-state index contributed by atoms with van der Waals surface area (Å²) in [6, 6.07) is 7.23. The molecule has 0 aliphatic rings. The molecular weight excluding hydrogens is 352 g/mol. The summed E-state index contributed by atoms with van der Waals surface area (Å²) in [6.07, 6.45) is 0.300. The van der Waals surface area contributed by atoms with Gasteiger partial charge in [0.1, 0.15) is 0 Å². The van der Waals surface area contributed by atoms with Crippen LogP contribution in [-0.2, 0) is 9.53 Å². The van der Waals surface area contributed by atoms with Crippen LogP contribution in [0.3, 0.4) is 0 Å². The van der Waals surface area contributed by atoms with Crippen LogP contribution in [0.25, 0.3) is 0 Å². The van der Waals surface area contributed by atoms with Crippen molar-refractivity contribution in [1.29, 1.82) is 0 Å². The van der Waals surface area contributed by atoms with Crippen LogP contribution in [-0.4, -0.2) is 18.9 Å². The van der Waals surface area contributed by atoms with Gasteiger partial charge < -0.3 is 4.74 Å². The van der Waals surface area contributed by atoms with Gasteiger partial charge in [-0.25, -0.2) is 0 Å². The van der Waals surface area contributed by atoms with Crippen molar-refractivity contribution in [1.82, 2.24) is 0 Å². The fourth-order valence-corrected chi connectivity index (χ4v) is 1.89. The predicted octanol–water partition coefficient (Wildman–Crippen LogP) is 3.61. The van der Waals surface area contributed by atoms with Crippen LogP contribution in [0.2, 0.25) is 0 Å². The number of methoxy groups -OCH3 is 1. The average Bonchev–Trinajstić information content (AvgIpc) is 2.35. The van der Waals surface area contributed by atoms with Crippen LogP contribution in [0.5, 0.6) is 0 Å². The van der Waals surface area contributed by atoms with Crippen molar-refractivity contribution in [3.05, 3.63) is 35.4 Å². The number of carbonyl (C=O) groups is 2. The number of Topliss-reactive ketones (excluding diaryl/α,β-unsaturated/α-hetero) is 1. The quantitative estimate of drug-likeness (QED) is 0.456. The minimum atomic E-state index is -0.365. The Kier molecular flexibility index (Phi) is 5.85. The van der Waals surface area contributed by atoms with E-state index in [1.54, 1.807) is 12.1 Å². The van der Waals surface area contributed by atoms with E-state index in [9.17, 15) is 9.59 Å². The van der Waals surface area contributed by atoms with Crippen LogP contribution < -0.4 is 0 Å². The van der Waals surface area contributed by atoms with Gasteiger partial charge in [-0.05, 0) is 5.56 Å². The lowest BCUT2D eigenvalue weighted by molar-refractivity contribution is -0.140. The average molecular weight is 364 g/mol. The lowest BCUT2D eigenvalue weighted by Gasteiger charge is -2.04. The van der Waals surface area contributed by atoms with Crippen LogP contribution in [0, 0.1) is 0 Å². The molecule has 0 bridgehead atoms. The van der Waals surface area contributed by atoms with Gasteiger partial charge in [-0.3, -0.25) is 9.59 Å². The summed E-state index contributed by atoms with van der Waals surface area (Å²) in [4.78, 5) is 22.6. The molecule has 1 rings (SSSR count). The van der Waals surface area contributed by atoms with Gasteiger partial charge in [0.25, 0.3) is 0 Å². The monoisotopic (exact) mass is 362 g/mol. The number of esters is 1. The highest BCUT2D eigenvalue weighted by molar-refractivity contribution is 9.24. The molecule has 0 heterocycles. The van der Waals surface area contributed by atoms with Gasteiger partial charge in [-0.15, -0.1) is 0 Å². The van der Waals surface area contributed by atoms with E-state index in [0.29, 0.717) is 5.56 Å². The van der Waals surface area contributed by atoms with E-state index in [1.807, 2.05) is 12.1 Å². The molecule has 0 N–H and O–H groups in total. The first-order valence-corrected chi connectivity index (χ1v) is 6.86. The molecule has 0 aromatic heterocycles. The second-order valence-electron chi connectivity index (χ2n) is 3.42. The van der Waals surface area contributed by atoms with E-state index in [-0.39, 0.29) is 28.3 Å². The van der Waals surface area contributed by atoms with Gasteiger partial charge in [0.2, 0.25) is 0 Å². The third-order valence-corrected chi connectivity index (χ3v) is 3.33. The molecule has 1 aromatic carbocycles. The number of hydrogen-bond donors (Lipinski definition) is 0. The van der Waals surface area contributed by atoms with Crippen molar-refractivity contribution in [2.75, 3.05) is 7.11 Å². The molecule has 0 saturated heterocycles. The van der Waals surface area contributed by atoms with Crippen molar-refractivity contribution in [2.45, 2.75) is 16.6 Å². The molecule has 17 heavy (non-hydrogen) atoms. The third kappa shape index (κ3) is 4.60. The maximum absolute atomic E-state index is 11.7. The number of alkyl halides is 2. The summed E-state index contributed by atoms with van der Waals surface area (Å²) in [6.45, 7) is 0.